The van der Waals surface area contributed by atoms with Crippen LogP contribution in [0.1, 0.15) is 12.2 Å². The van der Waals surface area contributed by atoms with Crippen LogP contribution in [0.25, 0.3) is 17.3 Å². The van der Waals surface area contributed by atoms with Gasteiger partial charge < -0.3 is 9.26 Å². The SMILES string of the molecule is COc1ccc(-c2cc(/C=C3\CN4CCC3C4)on2)cc1. The van der Waals surface area contributed by atoms with Gasteiger partial charge in [-0.2, -0.15) is 0 Å². The van der Waals surface area contributed by atoms with Gasteiger partial charge in [-0.1, -0.05) is 5.16 Å². The van der Waals surface area contributed by atoms with E-state index in [1.165, 1.54) is 25.1 Å². The summed E-state index contributed by atoms with van der Waals surface area (Å²) in [4.78, 5) is 2.50. The van der Waals surface area contributed by atoms with Crippen molar-refractivity contribution >= 4 is 6.08 Å². The number of methoxy groups -OCH3 is 1. The number of hydrogen-bond donors (Lipinski definition) is 0. The lowest BCUT2D eigenvalue weighted by Gasteiger charge is -2.13. The minimum absolute atomic E-state index is 0.722. The first-order valence-electron chi connectivity index (χ1n) is 7.36. The van der Waals surface area contributed by atoms with Gasteiger partial charge in [-0.05, 0) is 54.8 Å². The van der Waals surface area contributed by atoms with Gasteiger partial charge in [0.15, 0.2) is 5.76 Å². The average Bonchev–Trinajstić information content (AvgIpc) is 3.24. The van der Waals surface area contributed by atoms with Crippen LogP contribution in [0.15, 0.2) is 40.4 Å². The van der Waals surface area contributed by atoms with Crippen molar-refractivity contribution in [3.63, 3.8) is 0 Å². The number of piperidine rings is 1. The fourth-order valence-electron chi connectivity index (χ4n) is 3.27. The Kier molecular flexibility index (Phi) is 3.04. The van der Waals surface area contributed by atoms with E-state index in [0.29, 0.717) is 0 Å². The lowest BCUT2D eigenvalue weighted by atomic mass is 9.98. The highest BCUT2D eigenvalue weighted by Gasteiger charge is 2.33. The first kappa shape index (κ1) is 12.7. The first-order valence-corrected chi connectivity index (χ1v) is 7.36. The first-order chi connectivity index (χ1) is 10.3. The van der Waals surface area contributed by atoms with Crippen molar-refractivity contribution in [3.05, 3.63) is 41.7 Å². The van der Waals surface area contributed by atoms with Crippen molar-refractivity contribution in [1.82, 2.24) is 10.1 Å². The monoisotopic (exact) mass is 282 g/mol. The lowest BCUT2D eigenvalue weighted by molar-refractivity contribution is 0.391. The molecule has 4 nitrogen and oxygen atoms in total. The molecule has 2 fully saturated rings. The largest absolute Gasteiger partial charge is 0.497 e. The molecule has 0 aliphatic carbocycles. The summed E-state index contributed by atoms with van der Waals surface area (Å²) in [5.74, 6) is 2.42. The van der Waals surface area contributed by atoms with Gasteiger partial charge in [0.25, 0.3) is 0 Å². The Morgan fingerprint density at radius 3 is 2.86 bits per heavy atom. The normalized spacial score (nSPS) is 25.7. The third-order valence-electron chi connectivity index (χ3n) is 4.44. The molecule has 2 unspecified atom stereocenters. The second-order valence-corrected chi connectivity index (χ2v) is 5.78. The molecule has 3 heterocycles. The van der Waals surface area contributed by atoms with E-state index in [0.717, 1.165) is 35.2 Å². The van der Waals surface area contributed by atoms with Gasteiger partial charge in [0.1, 0.15) is 11.4 Å². The van der Waals surface area contributed by atoms with Crippen molar-refractivity contribution in [1.29, 1.82) is 0 Å². The Bertz CT molecular complexity index is 672. The van der Waals surface area contributed by atoms with E-state index >= 15 is 0 Å². The smallest absolute Gasteiger partial charge is 0.160 e. The molecule has 0 N–H and O–H groups in total. The molecule has 2 bridgehead atoms. The molecule has 0 radical (unpaired) electrons. The van der Waals surface area contributed by atoms with Crippen molar-refractivity contribution < 1.29 is 9.26 Å². The molecule has 1 aromatic heterocycles. The van der Waals surface area contributed by atoms with Crippen LogP contribution >= 0.6 is 0 Å². The summed E-state index contributed by atoms with van der Waals surface area (Å²) in [6.07, 6.45) is 3.45. The fraction of sp³-hybridized carbons (Fsp3) is 0.353. The van der Waals surface area contributed by atoms with Gasteiger partial charge in [-0.15, -0.1) is 0 Å². The van der Waals surface area contributed by atoms with Crippen LogP contribution in [-0.4, -0.2) is 36.8 Å². The van der Waals surface area contributed by atoms with Gasteiger partial charge in [0.2, 0.25) is 0 Å². The second kappa shape index (κ2) is 5.04. The highest BCUT2D eigenvalue weighted by Crippen LogP contribution is 2.34. The van der Waals surface area contributed by atoms with E-state index in [9.17, 15) is 0 Å². The topological polar surface area (TPSA) is 38.5 Å². The number of nitrogens with zero attached hydrogens (tertiary/aromatic N) is 2. The maximum atomic E-state index is 5.47. The maximum absolute atomic E-state index is 5.47. The molecule has 21 heavy (non-hydrogen) atoms. The molecule has 2 aliphatic heterocycles. The fourth-order valence-corrected chi connectivity index (χ4v) is 3.27. The number of rotatable bonds is 3. The third-order valence-corrected chi connectivity index (χ3v) is 4.44. The molecule has 2 saturated heterocycles. The predicted molar refractivity (Wildman–Crippen MR) is 81.0 cm³/mol. The summed E-state index contributed by atoms with van der Waals surface area (Å²) >= 11 is 0. The quantitative estimate of drug-likeness (QED) is 0.867. The zero-order chi connectivity index (χ0) is 14.2. The van der Waals surface area contributed by atoms with Crippen LogP contribution in [0.4, 0.5) is 0 Å². The second-order valence-electron chi connectivity index (χ2n) is 5.78. The summed E-state index contributed by atoms with van der Waals surface area (Å²) in [5, 5.41) is 4.17. The molecule has 2 aliphatic rings. The Morgan fingerprint density at radius 2 is 2.19 bits per heavy atom. The van der Waals surface area contributed by atoms with Crippen LogP contribution in [0.3, 0.4) is 0 Å². The summed E-state index contributed by atoms with van der Waals surface area (Å²) in [6, 6.07) is 9.88. The summed E-state index contributed by atoms with van der Waals surface area (Å²) < 4.78 is 10.6. The van der Waals surface area contributed by atoms with Crippen LogP contribution in [0.5, 0.6) is 5.75 Å². The Labute approximate surface area is 124 Å². The van der Waals surface area contributed by atoms with E-state index in [2.05, 4.69) is 16.1 Å². The minimum Gasteiger partial charge on any atom is -0.497 e. The number of aromatic nitrogens is 1. The molecule has 2 aromatic rings. The third kappa shape index (κ3) is 2.36. The number of hydrogen-bond acceptors (Lipinski definition) is 4. The lowest BCUT2D eigenvalue weighted by Crippen LogP contribution is -2.17. The minimum atomic E-state index is 0.722. The maximum Gasteiger partial charge on any atom is 0.160 e. The van der Waals surface area contributed by atoms with Gasteiger partial charge in [-0.3, -0.25) is 4.90 Å². The summed E-state index contributed by atoms with van der Waals surface area (Å²) in [6.45, 7) is 3.55. The van der Waals surface area contributed by atoms with Crippen LogP contribution < -0.4 is 4.74 Å². The van der Waals surface area contributed by atoms with Gasteiger partial charge in [0, 0.05) is 24.7 Å². The zero-order valence-electron chi connectivity index (χ0n) is 12.1. The van der Waals surface area contributed by atoms with Crippen LogP contribution in [0, 0.1) is 5.92 Å². The van der Waals surface area contributed by atoms with E-state index in [1.54, 1.807) is 7.11 Å². The van der Waals surface area contributed by atoms with Crippen molar-refractivity contribution in [2.45, 2.75) is 6.42 Å². The average molecular weight is 282 g/mol. The molecular formula is C17H18N2O2. The molecule has 1 aromatic carbocycles. The predicted octanol–water partition coefficient (Wildman–Crippen LogP) is 3.07. The van der Waals surface area contributed by atoms with Crippen LogP contribution in [-0.2, 0) is 0 Å². The van der Waals surface area contributed by atoms with Crippen molar-refractivity contribution in [2.75, 3.05) is 26.7 Å². The molecular weight excluding hydrogens is 264 g/mol. The number of benzene rings is 1. The molecule has 108 valence electrons. The Balaban J connectivity index is 1.56. The Hall–Kier alpha value is -2.07. The molecule has 0 saturated carbocycles. The van der Waals surface area contributed by atoms with Crippen molar-refractivity contribution in [3.8, 4) is 17.0 Å². The summed E-state index contributed by atoms with van der Waals surface area (Å²) in [5.41, 5.74) is 3.40. The van der Waals surface area contributed by atoms with Crippen molar-refractivity contribution in [2.24, 2.45) is 5.92 Å². The number of ether oxygens (including phenoxy) is 1. The Morgan fingerprint density at radius 1 is 1.33 bits per heavy atom. The van der Waals surface area contributed by atoms with Crippen LogP contribution in [0.2, 0.25) is 0 Å². The highest BCUT2D eigenvalue weighted by atomic mass is 16.5. The van der Waals surface area contributed by atoms with E-state index in [-0.39, 0.29) is 0 Å². The summed E-state index contributed by atoms with van der Waals surface area (Å²) in [7, 11) is 1.67. The highest BCUT2D eigenvalue weighted by molar-refractivity contribution is 5.63. The van der Waals surface area contributed by atoms with Gasteiger partial charge in [-0.25, -0.2) is 0 Å². The molecule has 0 amide bonds. The molecule has 4 rings (SSSR count). The zero-order valence-corrected chi connectivity index (χ0v) is 12.1. The standard InChI is InChI=1S/C17H18N2O2/c1-20-15-4-2-12(3-5-15)17-9-16(21-18-17)8-14-11-19-7-6-13(14)10-19/h2-5,8-9,13H,6-7,10-11H2,1H3/b14-8+. The molecule has 0 spiro atoms. The van der Waals surface area contributed by atoms with Gasteiger partial charge >= 0.3 is 0 Å². The van der Waals surface area contributed by atoms with E-state index in [4.69, 9.17) is 9.26 Å². The van der Waals surface area contributed by atoms with E-state index < -0.39 is 0 Å². The van der Waals surface area contributed by atoms with E-state index in [1.807, 2.05) is 30.3 Å². The molecule has 2 atom stereocenters. The van der Waals surface area contributed by atoms with Gasteiger partial charge in [0.05, 0.1) is 7.11 Å². The number of fused-ring (bicyclic) bond motifs is 2. The molecule has 4 heteroatoms.